The molecule has 0 N–H and O–H groups in total. The van der Waals surface area contributed by atoms with Crippen molar-refractivity contribution in [2.24, 2.45) is 0 Å². The van der Waals surface area contributed by atoms with Crippen LogP contribution in [0.25, 0.3) is 17.1 Å². The van der Waals surface area contributed by atoms with E-state index in [2.05, 4.69) is 51.8 Å². The fourth-order valence-electron chi connectivity index (χ4n) is 3.08. The van der Waals surface area contributed by atoms with Crippen molar-refractivity contribution in [3.8, 4) is 22.8 Å². The number of benzene rings is 2. The average Bonchev–Trinajstić information content (AvgIpc) is 3.17. The third-order valence-electron chi connectivity index (χ3n) is 4.58. The molecule has 0 saturated carbocycles. The quantitative estimate of drug-likeness (QED) is 0.317. The summed E-state index contributed by atoms with van der Waals surface area (Å²) in [6.45, 7) is 4.74. The first kappa shape index (κ1) is 19.2. The monoisotopic (exact) mass is 402 g/mol. The zero-order valence-electron chi connectivity index (χ0n) is 16.4. The van der Waals surface area contributed by atoms with E-state index in [4.69, 9.17) is 4.74 Å². The van der Waals surface area contributed by atoms with Crippen molar-refractivity contribution in [3.63, 3.8) is 0 Å². The molecule has 2 heterocycles. The van der Waals surface area contributed by atoms with Gasteiger partial charge in [0.05, 0.1) is 12.3 Å². The van der Waals surface area contributed by atoms with Crippen LogP contribution in [-0.2, 0) is 0 Å². The van der Waals surface area contributed by atoms with Gasteiger partial charge in [-0.05, 0) is 49.2 Å². The third-order valence-corrected chi connectivity index (χ3v) is 5.47. The molecular formula is C23H22N4OS. The van der Waals surface area contributed by atoms with Crippen molar-refractivity contribution in [2.75, 3.05) is 12.4 Å². The lowest BCUT2D eigenvalue weighted by atomic mass is 10.2. The van der Waals surface area contributed by atoms with Gasteiger partial charge in [0, 0.05) is 23.7 Å². The Morgan fingerprint density at radius 3 is 2.45 bits per heavy atom. The highest BCUT2D eigenvalue weighted by Gasteiger charge is 2.17. The van der Waals surface area contributed by atoms with E-state index in [1.165, 1.54) is 0 Å². The second kappa shape index (κ2) is 8.92. The van der Waals surface area contributed by atoms with E-state index in [0.29, 0.717) is 6.61 Å². The van der Waals surface area contributed by atoms with Crippen molar-refractivity contribution >= 4 is 11.8 Å². The largest absolute Gasteiger partial charge is 0.492 e. The van der Waals surface area contributed by atoms with E-state index in [9.17, 15) is 0 Å². The van der Waals surface area contributed by atoms with E-state index in [-0.39, 0.29) is 0 Å². The molecule has 0 aliphatic heterocycles. The van der Waals surface area contributed by atoms with Crippen molar-refractivity contribution in [2.45, 2.75) is 19.0 Å². The minimum Gasteiger partial charge on any atom is -0.492 e. The molecule has 0 saturated heterocycles. The standard InChI is InChI=1S/C23H22N4OS/c1-17-8-3-5-11-20(17)27-22(19-10-7-13-24-16-19)25-26-23(27)29-15-14-28-21-12-6-4-9-18(21)2/h3-13,16H,14-15H2,1-2H3. The number of hydrogen-bond acceptors (Lipinski definition) is 5. The van der Waals surface area contributed by atoms with Gasteiger partial charge in [-0.1, -0.05) is 48.2 Å². The smallest absolute Gasteiger partial charge is 0.196 e. The predicted molar refractivity (Wildman–Crippen MR) is 117 cm³/mol. The zero-order chi connectivity index (χ0) is 20.1. The van der Waals surface area contributed by atoms with Crippen LogP contribution in [0.3, 0.4) is 0 Å². The van der Waals surface area contributed by atoms with Gasteiger partial charge in [-0.2, -0.15) is 0 Å². The van der Waals surface area contributed by atoms with Gasteiger partial charge in [0.25, 0.3) is 0 Å². The van der Waals surface area contributed by atoms with Gasteiger partial charge >= 0.3 is 0 Å². The Balaban J connectivity index is 1.58. The molecule has 146 valence electrons. The number of nitrogens with zero attached hydrogens (tertiary/aromatic N) is 4. The maximum atomic E-state index is 5.93. The van der Waals surface area contributed by atoms with E-state index >= 15 is 0 Å². The summed E-state index contributed by atoms with van der Waals surface area (Å²) in [4.78, 5) is 4.24. The predicted octanol–water partition coefficient (Wildman–Crippen LogP) is 5.12. The highest BCUT2D eigenvalue weighted by Crippen LogP contribution is 2.29. The molecular weight excluding hydrogens is 380 g/mol. The van der Waals surface area contributed by atoms with Crippen LogP contribution in [0.15, 0.2) is 78.2 Å². The fourth-order valence-corrected chi connectivity index (χ4v) is 3.84. The van der Waals surface area contributed by atoms with Crippen LogP contribution < -0.4 is 4.74 Å². The Bertz CT molecular complexity index is 1100. The van der Waals surface area contributed by atoms with Crippen LogP contribution >= 0.6 is 11.8 Å². The lowest BCUT2D eigenvalue weighted by Crippen LogP contribution is -2.05. The molecule has 29 heavy (non-hydrogen) atoms. The summed E-state index contributed by atoms with van der Waals surface area (Å²) >= 11 is 1.64. The number of aromatic nitrogens is 4. The van der Waals surface area contributed by atoms with Crippen LogP contribution in [0.4, 0.5) is 0 Å². The molecule has 2 aromatic heterocycles. The van der Waals surface area contributed by atoms with Crippen LogP contribution in [0.5, 0.6) is 5.75 Å². The minimum absolute atomic E-state index is 0.596. The Kier molecular flexibility index (Phi) is 5.91. The van der Waals surface area contributed by atoms with E-state index < -0.39 is 0 Å². The molecule has 0 amide bonds. The molecule has 6 heteroatoms. The molecule has 0 spiro atoms. The second-order valence-electron chi connectivity index (χ2n) is 6.63. The van der Waals surface area contributed by atoms with Crippen LogP contribution in [0.1, 0.15) is 11.1 Å². The summed E-state index contributed by atoms with van der Waals surface area (Å²) in [5.74, 6) is 2.48. The summed E-state index contributed by atoms with van der Waals surface area (Å²) in [6.07, 6.45) is 3.57. The van der Waals surface area contributed by atoms with Crippen LogP contribution in [0, 0.1) is 13.8 Å². The summed E-state index contributed by atoms with van der Waals surface area (Å²) in [5.41, 5.74) is 4.31. The van der Waals surface area contributed by atoms with Crippen molar-refractivity contribution in [1.29, 1.82) is 0 Å². The maximum Gasteiger partial charge on any atom is 0.196 e. The fraction of sp³-hybridized carbons (Fsp3) is 0.174. The van der Waals surface area contributed by atoms with Gasteiger partial charge in [-0.3, -0.25) is 9.55 Å². The van der Waals surface area contributed by atoms with E-state index in [1.807, 2.05) is 48.7 Å². The lowest BCUT2D eigenvalue weighted by Gasteiger charge is -2.13. The highest BCUT2D eigenvalue weighted by molar-refractivity contribution is 7.99. The third kappa shape index (κ3) is 4.32. The van der Waals surface area contributed by atoms with Gasteiger partial charge in [0.2, 0.25) is 0 Å². The number of thioether (sulfide) groups is 1. The van der Waals surface area contributed by atoms with Gasteiger partial charge in [-0.15, -0.1) is 10.2 Å². The zero-order valence-corrected chi connectivity index (χ0v) is 17.3. The molecule has 0 atom stereocenters. The molecule has 0 radical (unpaired) electrons. The molecule has 4 rings (SSSR count). The normalized spacial score (nSPS) is 10.8. The SMILES string of the molecule is Cc1ccccc1OCCSc1nnc(-c2cccnc2)n1-c1ccccc1C. The topological polar surface area (TPSA) is 52.8 Å². The second-order valence-corrected chi connectivity index (χ2v) is 7.69. The summed E-state index contributed by atoms with van der Waals surface area (Å²) in [5, 5.41) is 9.77. The first-order valence-corrected chi connectivity index (χ1v) is 10.5. The van der Waals surface area contributed by atoms with Gasteiger partial charge in [0.1, 0.15) is 5.75 Å². The van der Waals surface area contributed by atoms with Crippen molar-refractivity contribution < 1.29 is 4.74 Å². The molecule has 4 aromatic rings. The molecule has 0 fully saturated rings. The molecule has 0 unspecified atom stereocenters. The number of aryl methyl sites for hydroxylation is 2. The van der Waals surface area contributed by atoms with E-state index in [1.54, 1.807) is 18.0 Å². The molecule has 5 nitrogen and oxygen atoms in total. The Hall–Kier alpha value is -3.12. The summed E-state index contributed by atoms with van der Waals surface area (Å²) in [6, 6.07) is 20.2. The van der Waals surface area contributed by atoms with Crippen LogP contribution in [0.2, 0.25) is 0 Å². The first-order chi connectivity index (χ1) is 14.2. The number of ether oxygens (including phenoxy) is 1. The number of pyridine rings is 1. The Morgan fingerprint density at radius 1 is 0.897 bits per heavy atom. The number of hydrogen-bond donors (Lipinski definition) is 0. The molecule has 0 aliphatic rings. The maximum absolute atomic E-state index is 5.93. The average molecular weight is 403 g/mol. The van der Waals surface area contributed by atoms with Gasteiger partial charge in [-0.25, -0.2) is 0 Å². The summed E-state index contributed by atoms with van der Waals surface area (Å²) in [7, 11) is 0. The summed E-state index contributed by atoms with van der Waals surface area (Å²) < 4.78 is 8.03. The number of para-hydroxylation sites is 2. The van der Waals surface area contributed by atoms with Crippen LogP contribution in [-0.4, -0.2) is 32.1 Å². The number of rotatable bonds is 7. The Labute approximate surface area is 174 Å². The Morgan fingerprint density at radius 2 is 1.69 bits per heavy atom. The van der Waals surface area contributed by atoms with E-state index in [0.717, 1.165) is 44.9 Å². The van der Waals surface area contributed by atoms with Gasteiger partial charge in [0.15, 0.2) is 11.0 Å². The highest BCUT2D eigenvalue weighted by atomic mass is 32.2. The van der Waals surface area contributed by atoms with Gasteiger partial charge < -0.3 is 4.74 Å². The molecule has 0 aliphatic carbocycles. The lowest BCUT2D eigenvalue weighted by molar-refractivity contribution is 0.341. The van der Waals surface area contributed by atoms with Crippen molar-refractivity contribution in [1.82, 2.24) is 19.7 Å². The molecule has 0 bridgehead atoms. The first-order valence-electron chi connectivity index (χ1n) is 9.47. The van der Waals surface area contributed by atoms with Crippen molar-refractivity contribution in [3.05, 3.63) is 84.2 Å². The minimum atomic E-state index is 0.596. The molecule has 2 aromatic carbocycles.